The summed E-state index contributed by atoms with van der Waals surface area (Å²) < 4.78 is 5.92. The van der Waals surface area contributed by atoms with Gasteiger partial charge in [0, 0.05) is 23.7 Å². The molecule has 0 saturated carbocycles. The van der Waals surface area contributed by atoms with Crippen molar-refractivity contribution in [1.29, 1.82) is 0 Å². The summed E-state index contributed by atoms with van der Waals surface area (Å²) in [7, 11) is 0. The molecule has 2 aromatic rings. The zero-order valence-corrected chi connectivity index (χ0v) is 10.3. The van der Waals surface area contributed by atoms with Crippen LogP contribution in [0.1, 0.15) is 24.0 Å². The smallest absolute Gasteiger partial charge is 0.131 e. The molecule has 0 bridgehead atoms. The summed E-state index contributed by atoms with van der Waals surface area (Å²) in [5.74, 6) is 2.19. The van der Waals surface area contributed by atoms with Gasteiger partial charge in [0.25, 0.3) is 0 Å². The molecule has 0 aliphatic carbocycles. The van der Waals surface area contributed by atoms with Crippen LogP contribution >= 0.6 is 0 Å². The van der Waals surface area contributed by atoms with Crippen molar-refractivity contribution in [3.05, 3.63) is 59.7 Å². The third-order valence-corrected chi connectivity index (χ3v) is 3.59. The molecule has 1 aliphatic heterocycles. The van der Waals surface area contributed by atoms with E-state index in [0.717, 1.165) is 22.6 Å². The number of hydrogen-bond donors (Lipinski definition) is 1. The van der Waals surface area contributed by atoms with E-state index >= 15 is 0 Å². The van der Waals surface area contributed by atoms with E-state index in [0.29, 0.717) is 0 Å². The van der Waals surface area contributed by atoms with Crippen molar-refractivity contribution < 1.29 is 9.84 Å². The summed E-state index contributed by atoms with van der Waals surface area (Å²) in [6, 6.07) is 16.1. The van der Waals surface area contributed by atoms with Crippen molar-refractivity contribution in [2.45, 2.75) is 12.8 Å². The molecule has 2 nitrogen and oxygen atoms in total. The van der Waals surface area contributed by atoms with E-state index in [1.54, 1.807) is 0 Å². The fourth-order valence-corrected chi connectivity index (χ4v) is 2.67. The van der Waals surface area contributed by atoms with E-state index in [4.69, 9.17) is 4.74 Å². The first-order chi connectivity index (χ1) is 8.81. The Balaban J connectivity index is 2.17. The highest BCUT2D eigenvalue weighted by Crippen LogP contribution is 2.46. The van der Waals surface area contributed by atoms with Crippen molar-refractivity contribution >= 4 is 0 Å². The quantitative estimate of drug-likeness (QED) is 0.869. The molecule has 1 heterocycles. The minimum Gasteiger partial charge on any atom is -0.457 e. The van der Waals surface area contributed by atoms with E-state index < -0.39 is 0 Å². The third-order valence-electron chi connectivity index (χ3n) is 3.59. The molecule has 1 atom stereocenters. The maximum atomic E-state index is 9.50. The summed E-state index contributed by atoms with van der Waals surface area (Å²) in [5, 5.41) is 9.50. The van der Waals surface area contributed by atoms with Gasteiger partial charge in [-0.2, -0.15) is 0 Å². The van der Waals surface area contributed by atoms with Crippen LogP contribution < -0.4 is 4.74 Å². The average Bonchev–Trinajstić information content (AvgIpc) is 2.44. The Morgan fingerprint density at radius 3 is 2.00 bits per heavy atom. The minimum absolute atomic E-state index is 0.174. The maximum absolute atomic E-state index is 9.50. The number of hydrogen-bond acceptors (Lipinski definition) is 2. The van der Waals surface area contributed by atoms with Crippen LogP contribution in [0.25, 0.3) is 0 Å². The molecule has 2 heteroatoms. The minimum atomic E-state index is 0.174. The molecule has 1 aliphatic rings. The molecule has 0 aromatic heterocycles. The summed E-state index contributed by atoms with van der Waals surface area (Å²) in [6.45, 7) is 2.25. The van der Waals surface area contributed by atoms with Crippen LogP contribution in [0.15, 0.2) is 48.5 Å². The first-order valence-corrected chi connectivity index (χ1v) is 6.28. The molecule has 3 rings (SSSR count). The molecule has 92 valence electrons. The normalized spacial score (nSPS) is 15.4. The van der Waals surface area contributed by atoms with Gasteiger partial charge < -0.3 is 9.84 Å². The number of ether oxygens (including phenoxy) is 1. The second-order valence-corrected chi connectivity index (χ2v) is 4.82. The van der Waals surface area contributed by atoms with Crippen LogP contribution in [0.5, 0.6) is 11.5 Å². The number of rotatable bonds is 2. The van der Waals surface area contributed by atoms with E-state index in [-0.39, 0.29) is 18.4 Å². The molecular weight excluding hydrogens is 224 g/mol. The highest BCUT2D eigenvalue weighted by atomic mass is 16.5. The fourth-order valence-electron chi connectivity index (χ4n) is 2.67. The van der Waals surface area contributed by atoms with Crippen LogP contribution in [0, 0.1) is 5.92 Å². The zero-order valence-electron chi connectivity index (χ0n) is 10.3. The van der Waals surface area contributed by atoms with E-state index in [1.807, 2.05) is 36.4 Å². The predicted molar refractivity (Wildman–Crippen MR) is 71.1 cm³/mol. The molecule has 0 amide bonds. The first-order valence-electron chi connectivity index (χ1n) is 6.28. The standard InChI is InChI=1S/C16H16O2/c1-11(10-17)16-12-6-2-4-8-14(12)18-15-9-5-3-7-13(15)16/h2-9,11,16-17H,10H2,1H3/t11-/m0/s1. The molecule has 0 radical (unpaired) electrons. The van der Waals surface area contributed by atoms with Gasteiger partial charge in [0.05, 0.1) is 0 Å². The zero-order chi connectivity index (χ0) is 12.5. The van der Waals surface area contributed by atoms with E-state index in [9.17, 15) is 5.11 Å². The molecule has 18 heavy (non-hydrogen) atoms. The van der Waals surface area contributed by atoms with Gasteiger partial charge in [0.1, 0.15) is 11.5 Å². The van der Waals surface area contributed by atoms with Crippen LogP contribution in [-0.4, -0.2) is 11.7 Å². The predicted octanol–water partition coefficient (Wildman–Crippen LogP) is 3.55. The maximum Gasteiger partial charge on any atom is 0.131 e. The SMILES string of the molecule is C[C@@H](CO)C1c2ccccc2Oc2ccccc21. The Morgan fingerprint density at radius 2 is 1.50 bits per heavy atom. The number of aliphatic hydroxyl groups excluding tert-OH is 1. The van der Waals surface area contributed by atoms with Gasteiger partial charge in [-0.15, -0.1) is 0 Å². The lowest BCUT2D eigenvalue weighted by molar-refractivity contribution is 0.221. The molecule has 0 unspecified atom stereocenters. The molecule has 2 aromatic carbocycles. The lowest BCUT2D eigenvalue weighted by Crippen LogP contribution is -2.19. The monoisotopic (exact) mass is 240 g/mol. The van der Waals surface area contributed by atoms with Gasteiger partial charge in [-0.05, 0) is 18.1 Å². The van der Waals surface area contributed by atoms with E-state index in [1.165, 1.54) is 0 Å². The van der Waals surface area contributed by atoms with Gasteiger partial charge in [-0.1, -0.05) is 43.3 Å². The largest absolute Gasteiger partial charge is 0.457 e. The molecular formula is C16H16O2. The van der Waals surface area contributed by atoms with Gasteiger partial charge in [-0.3, -0.25) is 0 Å². The Morgan fingerprint density at radius 1 is 1.00 bits per heavy atom. The highest BCUT2D eigenvalue weighted by Gasteiger charge is 2.30. The summed E-state index contributed by atoms with van der Waals surface area (Å²) in [6.07, 6.45) is 0. The fraction of sp³-hybridized carbons (Fsp3) is 0.250. The number of para-hydroxylation sites is 2. The van der Waals surface area contributed by atoms with E-state index in [2.05, 4.69) is 19.1 Å². The second kappa shape index (κ2) is 4.46. The average molecular weight is 240 g/mol. The topological polar surface area (TPSA) is 29.5 Å². The van der Waals surface area contributed by atoms with Gasteiger partial charge in [-0.25, -0.2) is 0 Å². The van der Waals surface area contributed by atoms with Gasteiger partial charge in [0.2, 0.25) is 0 Å². The highest BCUT2D eigenvalue weighted by molar-refractivity contribution is 5.53. The van der Waals surface area contributed by atoms with Crippen molar-refractivity contribution in [2.24, 2.45) is 5.92 Å². The van der Waals surface area contributed by atoms with Crippen molar-refractivity contribution in [3.63, 3.8) is 0 Å². The Hall–Kier alpha value is -1.80. The summed E-state index contributed by atoms with van der Waals surface area (Å²) >= 11 is 0. The number of benzene rings is 2. The molecule has 0 saturated heterocycles. The van der Waals surface area contributed by atoms with Gasteiger partial charge in [0.15, 0.2) is 0 Å². The molecule has 0 spiro atoms. The number of aliphatic hydroxyl groups is 1. The summed E-state index contributed by atoms with van der Waals surface area (Å²) in [4.78, 5) is 0. The Labute approximate surface area is 107 Å². The first kappa shape index (κ1) is 11.3. The Bertz CT molecular complexity index is 517. The molecule has 0 fully saturated rings. The van der Waals surface area contributed by atoms with Crippen LogP contribution in [-0.2, 0) is 0 Å². The Kier molecular flexibility index (Phi) is 2.80. The lowest BCUT2D eigenvalue weighted by Gasteiger charge is -2.31. The van der Waals surface area contributed by atoms with Crippen molar-refractivity contribution in [1.82, 2.24) is 0 Å². The lowest BCUT2D eigenvalue weighted by atomic mass is 9.80. The second-order valence-electron chi connectivity index (χ2n) is 4.82. The van der Waals surface area contributed by atoms with Crippen LogP contribution in [0.2, 0.25) is 0 Å². The van der Waals surface area contributed by atoms with Crippen LogP contribution in [0.3, 0.4) is 0 Å². The summed E-state index contributed by atoms with van der Waals surface area (Å²) in [5.41, 5.74) is 2.33. The molecule has 1 N–H and O–H groups in total. The van der Waals surface area contributed by atoms with Crippen LogP contribution in [0.4, 0.5) is 0 Å². The third kappa shape index (κ3) is 1.70. The van der Waals surface area contributed by atoms with Crippen molar-refractivity contribution in [3.8, 4) is 11.5 Å². The number of fused-ring (bicyclic) bond motifs is 2. The van der Waals surface area contributed by atoms with Crippen molar-refractivity contribution in [2.75, 3.05) is 6.61 Å². The van der Waals surface area contributed by atoms with Gasteiger partial charge >= 0.3 is 0 Å².